The summed E-state index contributed by atoms with van der Waals surface area (Å²) in [5.74, 6) is 0.748. The third kappa shape index (κ3) is 5.76. The minimum Gasteiger partial charge on any atom is -0.444 e. The van der Waals surface area contributed by atoms with Gasteiger partial charge in [0.1, 0.15) is 5.60 Å². The van der Waals surface area contributed by atoms with Crippen molar-refractivity contribution in [2.75, 3.05) is 26.8 Å². The van der Waals surface area contributed by atoms with Gasteiger partial charge in [-0.2, -0.15) is 0 Å². The Morgan fingerprint density at radius 3 is 2.59 bits per heavy atom. The Morgan fingerprint density at radius 2 is 2.00 bits per heavy atom. The van der Waals surface area contributed by atoms with Crippen LogP contribution < -0.4 is 5.32 Å². The summed E-state index contributed by atoms with van der Waals surface area (Å²) in [6, 6.07) is 0.768. The van der Waals surface area contributed by atoms with Gasteiger partial charge in [0.05, 0.1) is 6.61 Å². The topological polar surface area (TPSA) is 50.8 Å². The predicted molar refractivity (Wildman–Crippen MR) is 87.0 cm³/mol. The van der Waals surface area contributed by atoms with Gasteiger partial charge >= 0.3 is 6.09 Å². The van der Waals surface area contributed by atoms with Crippen LogP contribution in [0.4, 0.5) is 4.79 Å². The Labute approximate surface area is 134 Å². The van der Waals surface area contributed by atoms with E-state index < -0.39 is 5.60 Å². The van der Waals surface area contributed by atoms with Gasteiger partial charge in [-0.25, -0.2) is 4.79 Å². The molecule has 0 radical (unpaired) electrons. The molecule has 1 saturated heterocycles. The molecule has 22 heavy (non-hydrogen) atoms. The van der Waals surface area contributed by atoms with E-state index in [4.69, 9.17) is 9.47 Å². The summed E-state index contributed by atoms with van der Waals surface area (Å²) in [6.45, 7) is 8.04. The number of ether oxygens (including phenoxy) is 2. The average molecular weight is 312 g/mol. The number of carbonyl (C=O) groups is 1. The number of rotatable bonds is 5. The van der Waals surface area contributed by atoms with E-state index in [9.17, 15) is 4.79 Å². The van der Waals surface area contributed by atoms with Gasteiger partial charge in [0.25, 0.3) is 0 Å². The molecule has 1 aliphatic carbocycles. The molecule has 2 unspecified atom stereocenters. The molecule has 2 aliphatic rings. The standard InChI is InChI=1S/C17H32N2O3/c1-17(2,3)22-16(20)19-10-6-5-7-14(11-19)18-15(12-21-4)13-8-9-13/h13-15,18H,5-12H2,1-4H3. The summed E-state index contributed by atoms with van der Waals surface area (Å²) in [4.78, 5) is 14.2. The zero-order valence-electron chi connectivity index (χ0n) is 14.6. The molecule has 0 bridgehead atoms. The Kier molecular flexibility index (Phi) is 6.09. The minimum atomic E-state index is -0.432. The van der Waals surface area contributed by atoms with Crippen molar-refractivity contribution in [1.29, 1.82) is 0 Å². The van der Waals surface area contributed by atoms with Gasteiger partial charge in [0.15, 0.2) is 0 Å². The van der Waals surface area contributed by atoms with Crippen LogP contribution in [-0.2, 0) is 9.47 Å². The average Bonchev–Trinajstić information content (AvgIpc) is 3.23. The van der Waals surface area contributed by atoms with Crippen molar-refractivity contribution in [1.82, 2.24) is 10.2 Å². The zero-order chi connectivity index (χ0) is 16.2. The number of nitrogens with zero attached hydrogens (tertiary/aromatic N) is 1. The molecular formula is C17H32N2O3. The van der Waals surface area contributed by atoms with Crippen molar-refractivity contribution < 1.29 is 14.3 Å². The highest BCUT2D eigenvalue weighted by molar-refractivity contribution is 5.68. The van der Waals surface area contributed by atoms with Gasteiger partial charge in [-0.15, -0.1) is 0 Å². The fourth-order valence-corrected chi connectivity index (χ4v) is 3.07. The second kappa shape index (κ2) is 7.64. The van der Waals surface area contributed by atoms with E-state index in [1.165, 1.54) is 12.8 Å². The fourth-order valence-electron chi connectivity index (χ4n) is 3.07. The molecule has 5 heteroatoms. The van der Waals surface area contributed by atoms with Gasteiger partial charge in [0, 0.05) is 32.3 Å². The van der Waals surface area contributed by atoms with Crippen LogP contribution in [0.1, 0.15) is 52.9 Å². The number of hydrogen-bond donors (Lipinski definition) is 1. The highest BCUT2D eigenvalue weighted by Gasteiger charge is 2.34. The number of hydrogen-bond acceptors (Lipinski definition) is 4. The molecule has 0 aromatic carbocycles. The van der Waals surface area contributed by atoms with Gasteiger partial charge in [-0.05, 0) is 52.4 Å². The molecular weight excluding hydrogens is 280 g/mol. The maximum Gasteiger partial charge on any atom is 0.410 e. The van der Waals surface area contributed by atoms with Crippen molar-refractivity contribution in [3.05, 3.63) is 0 Å². The zero-order valence-corrected chi connectivity index (χ0v) is 14.6. The predicted octanol–water partition coefficient (Wildman–Crippen LogP) is 2.79. The first kappa shape index (κ1) is 17.5. The second-order valence-electron chi connectivity index (χ2n) is 7.68. The summed E-state index contributed by atoms with van der Waals surface area (Å²) < 4.78 is 10.9. The van der Waals surface area contributed by atoms with Crippen LogP contribution in [0, 0.1) is 5.92 Å². The molecule has 2 atom stereocenters. The van der Waals surface area contributed by atoms with Gasteiger partial charge in [-0.3, -0.25) is 0 Å². The first-order valence-electron chi connectivity index (χ1n) is 8.62. The fraction of sp³-hybridized carbons (Fsp3) is 0.941. The second-order valence-corrected chi connectivity index (χ2v) is 7.68. The first-order chi connectivity index (χ1) is 10.4. The van der Waals surface area contributed by atoms with E-state index in [1.54, 1.807) is 7.11 Å². The van der Waals surface area contributed by atoms with Crippen LogP contribution in [0.15, 0.2) is 0 Å². The molecule has 1 amide bonds. The Hall–Kier alpha value is -0.810. The molecule has 0 spiro atoms. The van der Waals surface area contributed by atoms with Gasteiger partial charge in [-0.1, -0.05) is 6.42 Å². The summed E-state index contributed by atoms with van der Waals surface area (Å²) in [5, 5.41) is 3.73. The SMILES string of the molecule is COCC(NC1CCCCN(C(=O)OC(C)(C)C)C1)C1CC1. The first-order valence-corrected chi connectivity index (χ1v) is 8.62. The molecule has 128 valence electrons. The minimum absolute atomic E-state index is 0.184. The van der Waals surface area contributed by atoms with Crippen molar-refractivity contribution in [2.45, 2.75) is 70.6 Å². The normalized spacial score (nSPS) is 24.7. The molecule has 1 heterocycles. The lowest BCUT2D eigenvalue weighted by molar-refractivity contribution is 0.0238. The largest absolute Gasteiger partial charge is 0.444 e. The molecule has 2 rings (SSSR count). The van der Waals surface area contributed by atoms with E-state index in [0.29, 0.717) is 12.1 Å². The molecule has 1 aliphatic heterocycles. The van der Waals surface area contributed by atoms with Crippen LogP contribution in [-0.4, -0.2) is 55.5 Å². The summed E-state index contributed by atoms with van der Waals surface area (Å²) in [6.07, 6.45) is 5.73. The quantitative estimate of drug-likeness (QED) is 0.848. The highest BCUT2D eigenvalue weighted by Crippen LogP contribution is 2.33. The number of amides is 1. The van der Waals surface area contributed by atoms with Gasteiger partial charge < -0.3 is 19.7 Å². The molecule has 2 fully saturated rings. The van der Waals surface area contributed by atoms with Crippen LogP contribution in [0.5, 0.6) is 0 Å². The Balaban J connectivity index is 1.89. The number of methoxy groups -OCH3 is 1. The summed E-state index contributed by atoms with van der Waals surface area (Å²) in [7, 11) is 1.76. The van der Waals surface area contributed by atoms with Crippen LogP contribution in [0.2, 0.25) is 0 Å². The Morgan fingerprint density at radius 1 is 1.27 bits per heavy atom. The lowest BCUT2D eigenvalue weighted by atomic mass is 10.1. The molecule has 0 aromatic heterocycles. The van der Waals surface area contributed by atoms with Crippen molar-refractivity contribution >= 4 is 6.09 Å². The molecule has 0 aromatic rings. The molecule has 1 N–H and O–H groups in total. The van der Waals surface area contributed by atoms with Crippen molar-refractivity contribution in [3.8, 4) is 0 Å². The lowest BCUT2D eigenvalue weighted by Gasteiger charge is -2.30. The van der Waals surface area contributed by atoms with Crippen molar-refractivity contribution in [2.24, 2.45) is 5.92 Å². The van der Waals surface area contributed by atoms with Gasteiger partial charge in [0.2, 0.25) is 0 Å². The van der Waals surface area contributed by atoms with E-state index in [1.807, 2.05) is 25.7 Å². The van der Waals surface area contributed by atoms with E-state index in [0.717, 1.165) is 44.9 Å². The Bertz CT molecular complexity index is 363. The monoisotopic (exact) mass is 312 g/mol. The lowest BCUT2D eigenvalue weighted by Crippen LogP contribution is -2.49. The number of carbonyl (C=O) groups excluding carboxylic acids is 1. The van der Waals surface area contributed by atoms with Crippen LogP contribution in [0.3, 0.4) is 0 Å². The highest BCUT2D eigenvalue weighted by atomic mass is 16.6. The van der Waals surface area contributed by atoms with E-state index >= 15 is 0 Å². The number of nitrogens with one attached hydrogen (secondary N) is 1. The smallest absolute Gasteiger partial charge is 0.410 e. The maximum absolute atomic E-state index is 12.3. The van der Waals surface area contributed by atoms with E-state index in [-0.39, 0.29) is 6.09 Å². The third-order valence-electron chi connectivity index (χ3n) is 4.31. The maximum atomic E-state index is 12.3. The van der Waals surface area contributed by atoms with Crippen LogP contribution >= 0.6 is 0 Å². The number of likely N-dealkylation sites (tertiary alicyclic amines) is 1. The summed E-state index contributed by atoms with van der Waals surface area (Å²) in [5.41, 5.74) is -0.432. The molecule has 1 saturated carbocycles. The van der Waals surface area contributed by atoms with Crippen molar-refractivity contribution in [3.63, 3.8) is 0 Å². The van der Waals surface area contributed by atoms with E-state index in [2.05, 4.69) is 5.32 Å². The summed E-state index contributed by atoms with van der Waals surface area (Å²) >= 11 is 0. The molecule has 5 nitrogen and oxygen atoms in total. The van der Waals surface area contributed by atoms with Crippen LogP contribution in [0.25, 0.3) is 0 Å². The third-order valence-corrected chi connectivity index (χ3v) is 4.31.